The Morgan fingerprint density at radius 2 is 1.93 bits per heavy atom. The standard InChI is InChI=1S/C19H18ClN3O4S/c1-11-8-12(6-7-13(11)20)27-10-18(25)23-22-17(24)9-16-19(26)21-14-4-2-3-5-15(14)28-16/h2-8,16H,9-10H2,1H3,(H,21,26)(H,22,24)(H,23,25). The molecule has 0 aromatic heterocycles. The lowest BCUT2D eigenvalue weighted by Crippen LogP contribution is -2.45. The van der Waals surface area contributed by atoms with E-state index in [-0.39, 0.29) is 18.9 Å². The van der Waals surface area contributed by atoms with Gasteiger partial charge in [0, 0.05) is 16.3 Å². The van der Waals surface area contributed by atoms with Crippen molar-refractivity contribution in [1.82, 2.24) is 10.9 Å². The molecule has 1 atom stereocenters. The molecule has 0 fully saturated rings. The van der Waals surface area contributed by atoms with E-state index in [0.717, 1.165) is 16.1 Å². The van der Waals surface area contributed by atoms with E-state index in [1.807, 2.05) is 25.1 Å². The number of thioether (sulfide) groups is 1. The lowest BCUT2D eigenvalue weighted by atomic mass is 10.2. The Bertz CT molecular complexity index is 922. The predicted molar refractivity (Wildman–Crippen MR) is 107 cm³/mol. The van der Waals surface area contributed by atoms with Crippen LogP contribution in [0.3, 0.4) is 0 Å². The van der Waals surface area contributed by atoms with Gasteiger partial charge in [-0.25, -0.2) is 0 Å². The molecule has 0 saturated heterocycles. The summed E-state index contributed by atoms with van der Waals surface area (Å²) < 4.78 is 5.35. The highest BCUT2D eigenvalue weighted by molar-refractivity contribution is 8.01. The Morgan fingerprint density at radius 3 is 2.71 bits per heavy atom. The van der Waals surface area contributed by atoms with Crippen LogP contribution in [0.15, 0.2) is 47.4 Å². The van der Waals surface area contributed by atoms with Gasteiger partial charge in [-0.15, -0.1) is 11.8 Å². The van der Waals surface area contributed by atoms with Gasteiger partial charge in [0.25, 0.3) is 5.91 Å². The molecule has 3 N–H and O–H groups in total. The van der Waals surface area contributed by atoms with Crippen LogP contribution < -0.4 is 20.9 Å². The van der Waals surface area contributed by atoms with Crippen LogP contribution in [0.2, 0.25) is 5.02 Å². The van der Waals surface area contributed by atoms with Gasteiger partial charge in [-0.3, -0.25) is 25.2 Å². The first-order valence-corrected chi connectivity index (χ1v) is 9.71. The molecule has 2 aromatic carbocycles. The molecule has 0 radical (unpaired) electrons. The van der Waals surface area contributed by atoms with Crippen LogP contribution in [0.25, 0.3) is 0 Å². The molecule has 1 aliphatic heterocycles. The summed E-state index contributed by atoms with van der Waals surface area (Å²) in [5.41, 5.74) is 6.13. The zero-order chi connectivity index (χ0) is 20.1. The normalized spacial score (nSPS) is 15.2. The molecule has 0 saturated carbocycles. The van der Waals surface area contributed by atoms with Crippen molar-refractivity contribution in [3.05, 3.63) is 53.1 Å². The van der Waals surface area contributed by atoms with E-state index in [9.17, 15) is 14.4 Å². The molecule has 146 valence electrons. The van der Waals surface area contributed by atoms with Crippen LogP contribution in [0.1, 0.15) is 12.0 Å². The maximum Gasteiger partial charge on any atom is 0.276 e. The van der Waals surface area contributed by atoms with Gasteiger partial charge in [-0.1, -0.05) is 23.7 Å². The smallest absolute Gasteiger partial charge is 0.276 e. The van der Waals surface area contributed by atoms with Crippen molar-refractivity contribution in [2.45, 2.75) is 23.5 Å². The molecule has 28 heavy (non-hydrogen) atoms. The molecule has 0 bridgehead atoms. The van der Waals surface area contributed by atoms with Crippen LogP contribution in [0.4, 0.5) is 5.69 Å². The number of hydrogen-bond acceptors (Lipinski definition) is 5. The molecule has 0 aliphatic carbocycles. The SMILES string of the molecule is Cc1cc(OCC(=O)NNC(=O)CC2Sc3ccccc3NC2=O)ccc1Cl. The summed E-state index contributed by atoms with van der Waals surface area (Å²) >= 11 is 7.25. The van der Waals surface area contributed by atoms with E-state index in [0.29, 0.717) is 10.8 Å². The molecule has 3 amide bonds. The summed E-state index contributed by atoms with van der Waals surface area (Å²) in [6.07, 6.45) is -0.0671. The number of amides is 3. The fraction of sp³-hybridized carbons (Fsp3) is 0.211. The Morgan fingerprint density at radius 1 is 1.18 bits per heavy atom. The van der Waals surface area contributed by atoms with Crippen LogP contribution in [0.5, 0.6) is 5.75 Å². The molecule has 2 aromatic rings. The molecule has 1 heterocycles. The largest absolute Gasteiger partial charge is 0.484 e. The monoisotopic (exact) mass is 419 g/mol. The van der Waals surface area contributed by atoms with Crippen LogP contribution in [-0.4, -0.2) is 29.6 Å². The van der Waals surface area contributed by atoms with E-state index >= 15 is 0 Å². The molecular formula is C19H18ClN3O4S. The first-order chi connectivity index (χ1) is 13.4. The minimum atomic E-state index is -0.569. The average molecular weight is 420 g/mol. The average Bonchev–Trinajstić information content (AvgIpc) is 2.68. The summed E-state index contributed by atoms with van der Waals surface area (Å²) in [4.78, 5) is 36.9. The number of fused-ring (bicyclic) bond motifs is 1. The van der Waals surface area contributed by atoms with Gasteiger partial charge < -0.3 is 10.1 Å². The number of hydrogen-bond donors (Lipinski definition) is 3. The summed E-state index contributed by atoms with van der Waals surface area (Å²) in [6, 6.07) is 12.4. The minimum Gasteiger partial charge on any atom is -0.484 e. The Balaban J connectivity index is 1.43. The number of rotatable bonds is 5. The number of ether oxygens (including phenoxy) is 1. The zero-order valence-electron chi connectivity index (χ0n) is 15.0. The minimum absolute atomic E-state index is 0.0671. The lowest BCUT2D eigenvalue weighted by molar-refractivity contribution is -0.130. The maximum absolute atomic E-state index is 12.1. The van der Waals surface area contributed by atoms with E-state index in [1.165, 1.54) is 11.8 Å². The van der Waals surface area contributed by atoms with E-state index in [4.69, 9.17) is 16.3 Å². The first-order valence-electron chi connectivity index (χ1n) is 8.45. The van der Waals surface area contributed by atoms with Gasteiger partial charge in [-0.05, 0) is 42.8 Å². The Labute approximate surface area is 171 Å². The first kappa shape index (κ1) is 20.0. The van der Waals surface area contributed by atoms with Gasteiger partial charge in [-0.2, -0.15) is 0 Å². The number of para-hydroxylation sites is 1. The summed E-state index contributed by atoms with van der Waals surface area (Å²) in [5, 5.41) is 2.81. The second-order valence-corrected chi connectivity index (χ2v) is 7.74. The summed E-state index contributed by atoms with van der Waals surface area (Å²) in [7, 11) is 0. The number of carbonyl (C=O) groups excluding carboxylic acids is 3. The fourth-order valence-electron chi connectivity index (χ4n) is 2.48. The van der Waals surface area contributed by atoms with Crippen molar-refractivity contribution in [2.75, 3.05) is 11.9 Å². The third-order valence-electron chi connectivity index (χ3n) is 3.92. The van der Waals surface area contributed by atoms with Crippen LogP contribution >= 0.6 is 23.4 Å². The fourth-order valence-corrected chi connectivity index (χ4v) is 3.71. The number of benzene rings is 2. The van der Waals surface area contributed by atoms with E-state index < -0.39 is 17.1 Å². The summed E-state index contributed by atoms with van der Waals surface area (Å²) in [6.45, 7) is 1.56. The number of halogens is 1. The predicted octanol–water partition coefficient (Wildman–Crippen LogP) is 2.68. The molecule has 3 rings (SSSR count). The van der Waals surface area contributed by atoms with Gasteiger partial charge in [0.2, 0.25) is 11.8 Å². The summed E-state index contributed by atoms with van der Waals surface area (Å²) in [5.74, 6) is -0.737. The topological polar surface area (TPSA) is 96.5 Å². The van der Waals surface area contributed by atoms with E-state index in [1.54, 1.807) is 24.3 Å². The van der Waals surface area contributed by atoms with Gasteiger partial charge in [0.05, 0.1) is 10.9 Å². The molecular weight excluding hydrogens is 402 g/mol. The number of carbonyl (C=O) groups is 3. The van der Waals surface area contributed by atoms with Crippen LogP contribution in [0, 0.1) is 6.92 Å². The number of anilines is 1. The lowest BCUT2D eigenvalue weighted by Gasteiger charge is -2.23. The Kier molecular flexibility index (Phi) is 6.43. The van der Waals surface area contributed by atoms with Crippen molar-refractivity contribution in [2.24, 2.45) is 0 Å². The quantitative estimate of drug-likeness (QED) is 0.647. The molecule has 1 unspecified atom stereocenters. The van der Waals surface area contributed by atoms with Gasteiger partial charge in [0.1, 0.15) is 5.75 Å². The molecule has 7 nitrogen and oxygen atoms in total. The highest BCUT2D eigenvalue weighted by Gasteiger charge is 2.28. The van der Waals surface area contributed by atoms with Crippen molar-refractivity contribution in [3.63, 3.8) is 0 Å². The van der Waals surface area contributed by atoms with Gasteiger partial charge >= 0.3 is 0 Å². The van der Waals surface area contributed by atoms with Crippen molar-refractivity contribution >= 4 is 46.8 Å². The molecule has 0 spiro atoms. The van der Waals surface area contributed by atoms with Gasteiger partial charge in [0.15, 0.2) is 6.61 Å². The van der Waals surface area contributed by atoms with Crippen molar-refractivity contribution in [1.29, 1.82) is 0 Å². The third-order valence-corrected chi connectivity index (χ3v) is 5.62. The van der Waals surface area contributed by atoms with Crippen molar-refractivity contribution in [3.8, 4) is 5.75 Å². The highest BCUT2D eigenvalue weighted by Crippen LogP contribution is 2.36. The number of hydrazine groups is 1. The molecule has 1 aliphatic rings. The van der Waals surface area contributed by atoms with E-state index in [2.05, 4.69) is 16.2 Å². The number of aryl methyl sites for hydroxylation is 1. The zero-order valence-corrected chi connectivity index (χ0v) is 16.5. The Hall–Kier alpha value is -2.71. The third kappa shape index (κ3) is 5.17. The number of nitrogens with one attached hydrogen (secondary N) is 3. The maximum atomic E-state index is 12.1. The molecule has 9 heteroatoms. The second kappa shape index (κ2) is 8.99. The van der Waals surface area contributed by atoms with Crippen molar-refractivity contribution < 1.29 is 19.1 Å². The second-order valence-electron chi connectivity index (χ2n) is 6.09. The van der Waals surface area contributed by atoms with Crippen LogP contribution in [-0.2, 0) is 14.4 Å². The highest BCUT2D eigenvalue weighted by atomic mass is 35.5.